The van der Waals surface area contributed by atoms with Crippen molar-refractivity contribution >= 4 is 23.7 Å². The summed E-state index contributed by atoms with van der Waals surface area (Å²) in [5.41, 5.74) is 0. The average Bonchev–Trinajstić information content (AvgIpc) is 2.30. The zero-order valence-electron chi connectivity index (χ0n) is 11.2. The van der Waals surface area contributed by atoms with Crippen LogP contribution in [0.1, 0.15) is 20.8 Å². The van der Waals surface area contributed by atoms with Gasteiger partial charge in [-0.1, -0.05) is 0 Å². The van der Waals surface area contributed by atoms with Crippen molar-refractivity contribution in [3.05, 3.63) is 0 Å². The highest BCUT2D eigenvalue weighted by molar-refractivity contribution is 5.88. The first-order chi connectivity index (χ1) is 8.81. The van der Waals surface area contributed by atoms with Crippen molar-refractivity contribution in [1.29, 1.82) is 0 Å². The van der Waals surface area contributed by atoms with Gasteiger partial charge >= 0.3 is 5.97 Å². The molecule has 0 aromatic rings. The van der Waals surface area contributed by atoms with Gasteiger partial charge in [-0.15, -0.1) is 0 Å². The molecule has 0 bridgehead atoms. The first-order valence-electron chi connectivity index (χ1n) is 5.78. The molecule has 3 amide bonds. The van der Waals surface area contributed by atoms with Gasteiger partial charge in [0.05, 0.1) is 19.2 Å². The summed E-state index contributed by atoms with van der Waals surface area (Å²) < 4.78 is 4.80. The van der Waals surface area contributed by atoms with Crippen molar-refractivity contribution in [3.63, 3.8) is 0 Å². The maximum absolute atomic E-state index is 11.3. The second-order valence-electron chi connectivity index (χ2n) is 4.00. The molecule has 0 rings (SSSR count). The van der Waals surface area contributed by atoms with Crippen molar-refractivity contribution in [2.45, 2.75) is 26.9 Å². The largest absolute Gasteiger partial charge is 0.462 e. The Balaban J connectivity index is 3.72. The number of esters is 1. The third-order valence-electron chi connectivity index (χ3n) is 1.74. The molecule has 0 aromatic carbocycles. The molecule has 0 heterocycles. The summed E-state index contributed by atoms with van der Waals surface area (Å²) in [4.78, 5) is 44.0. The normalized spacial score (nSPS) is 9.68. The molecule has 0 aromatic heterocycles. The Hall–Kier alpha value is -2.12. The van der Waals surface area contributed by atoms with Crippen LogP contribution < -0.4 is 16.0 Å². The molecule has 0 unspecified atom stereocenters. The topological polar surface area (TPSA) is 114 Å². The van der Waals surface area contributed by atoms with Crippen LogP contribution in [0, 0.1) is 0 Å². The lowest BCUT2D eigenvalue weighted by Gasteiger charge is -2.09. The van der Waals surface area contributed by atoms with Crippen molar-refractivity contribution in [2.75, 3.05) is 19.6 Å². The van der Waals surface area contributed by atoms with Gasteiger partial charge < -0.3 is 20.7 Å². The summed E-state index contributed by atoms with van der Waals surface area (Å²) in [5, 5.41) is 6.86. The first kappa shape index (κ1) is 16.9. The average molecular weight is 273 g/mol. The summed E-state index contributed by atoms with van der Waals surface area (Å²) in [7, 11) is 0. The fourth-order valence-electron chi connectivity index (χ4n) is 0.984. The van der Waals surface area contributed by atoms with E-state index in [1.165, 1.54) is 6.92 Å². The Kier molecular flexibility index (Phi) is 7.90. The first-order valence-corrected chi connectivity index (χ1v) is 5.78. The van der Waals surface area contributed by atoms with E-state index in [9.17, 15) is 19.2 Å². The summed E-state index contributed by atoms with van der Waals surface area (Å²) in [6.45, 7) is 3.95. The van der Waals surface area contributed by atoms with Gasteiger partial charge in [-0.05, 0) is 13.8 Å². The van der Waals surface area contributed by atoms with Crippen LogP contribution in [0.2, 0.25) is 0 Å². The molecule has 0 aliphatic carbocycles. The van der Waals surface area contributed by atoms with Crippen LogP contribution in [0.4, 0.5) is 0 Å². The maximum atomic E-state index is 11.3. The zero-order chi connectivity index (χ0) is 14.8. The fourth-order valence-corrected chi connectivity index (χ4v) is 0.984. The molecule has 0 aliphatic heterocycles. The van der Waals surface area contributed by atoms with Crippen LogP contribution in [-0.2, 0) is 23.9 Å². The minimum absolute atomic E-state index is 0.196. The molecule has 0 atom stereocenters. The number of hydrogen-bond donors (Lipinski definition) is 3. The molecule has 0 radical (unpaired) electrons. The van der Waals surface area contributed by atoms with Crippen LogP contribution in [0.5, 0.6) is 0 Å². The number of amides is 3. The SMILES string of the molecule is CC(=O)NCC(=O)NCC(=O)NCC(=O)OC(C)C. The molecule has 0 spiro atoms. The number of rotatable bonds is 7. The van der Waals surface area contributed by atoms with E-state index in [1.807, 2.05) is 0 Å². The van der Waals surface area contributed by atoms with E-state index >= 15 is 0 Å². The van der Waals surface area contributed by atoms with Gasteiger partial charge in [0.2, 0.25) is 17.7 Å². The van der Waals surface area contributed by atoms with Crippen LogP contribution in [0.3, 0.4) is 0 Å². The highest BCUT2D eigenvalue weighted by Crippen LogP contribution is 1.87. The van der Waals surface area contributed by atoms with Gasteiger partial charge in [0.15, 0.2) is 0 Å². The van der Waals surface area contributed by atoms with Gasteiger partial charge in [-0.2, -0.15) is 0 Å². The van der Waals surface area contributed by atoms with Gasteiger partial charge in [0, 0.05) is 6.92 Å². The molecule has 3 N–H and O–H groups in total. The predicted octanol–water partition coefficient (Wildman–Crippen LogP) is -1.69. The molecular formula is C11H19N3O5. The van der Waals surface area contributed by atoms with Crippen LogP contribution in [0.25, 0.3) is 0 Å². The molecule has 19 heavy (non-hydrogen) atoms. The summed E-state index contributed by atoms with van der Waals surface area (Å²) in [5.74, 6) is -1.89. The van der Waals surface area contributed by atoms with E-state index in [1.54, 1.807) is 13.8 Å². The molecule has 8 heteroatoms. The van der Waals surface area contributed by atoms with Crippen LogP contribution in [0.15, 0.2) is 0 Å². The second-order valence-corrected chi connectivity index (χ2v) is 4.00. The third-order valence-corrected chi connectivity index (χ3v) is 1.74. The van der Waals surface area contributed by atoms with Crippen molar-refractivity contribution in [3.8, 4) is 0 Å². The van der Waals surface area contributed by atoms with E-state index in [-0.39, 0.29) is 31.6 Å². The zero-order valence-corrected chi connectivity index (χ0v) is 11.2. The number of carbonyl (C=O) groups excluding carboxylic acids is 4. The fraction of sp³-hybridized carbons (Fsp3) is 0.636. The molecule has 108 valence electrons. The third kappa shape index (κ3) is 10.7. The summed E-state index contributed by atoms with van der Waals surface area (Å²) in [6, 6.07) is 0. The second kappa shape index (κ2) is 8.90. The molecule has 0 saturated heterocycles. The monoisotopic (exact) mass is 273 g/mol. The molecule has 0 saturated carbocycles. The lowest BCUT2D eigenvalue weighted by molar-refractivity contribution is -0.147. The van der Waals surface area contributed by atoms with Gasteiger partial charge in [-0.25, -0.2) is 0 Å². The number of carbonyl (C=O) groups is 4. The van der Waals surface area contributed by atoms with E-state index in [4.69, 9.17) is 4.74 Å². The Morgan fingerprint density at radius 3 is 1.84 bits per heavy atom. The Labute approximate surface area is 111 Å². The van der Waals surface area contributed by atoms with E-state index in [0.717, 1.165) is 0 Å². The van der Waals surface area contributed by atoms with Crippen LogP contribution >= 0.6 is 0 Å². The Bertz CT molecular complexity index is 354. The minimum Gasteiger partial charge on any atom is -0.462 e. The summed E-state index contributed by atoms with van der Waals surface area (Å²) >= 11 is 0. The number of hydrogen-bond acceptors (Lipinski definition) is 5. The number of ether oxygens (including phenoxy) is 1. The van der Waals surface area contributed by atoms with Gasteiger partial charge in [-0.3, -0.25) is 19.2 Å². The van der Waals surface area contributed by atoms with Crippen LogP contribution in [-0.4, -0.2) is 49.4 Å². The van der Waals surface area contributed by atoms with E-state index in [2.05, 4.69) is 16.0 Å². The number of nitrogens with one attached hydrogen (secondary N) is 3. The van der Waals surface area contributed by atoms with E-state index in [0.29, 0.717) is 0 Å². The van der Waals surface area contributed by atoms with Crippen molar-refractivity contribution < 1.29 is 23.9 Å². The molecule has 8 nitrogen and oxygen atoms in total. The van der Waals surface area contributed by atoms with Crippen molar-refractivity contribution in [2.24, 2.45) is 0 Å². The minimum atomic E-state index is -0.548. The van der Waals surface area contributed by atoms with Gasteiger partial charge in [0.25, 0.3) is 0 Å². The lowest BCUT2D eigenvalue weighted by Crippen LogP contribution is -2.42. The highest BCUT2D eigenvalue weighted by atomic mass is 16.5. The van der Waals surface area contributed by atoms with Gasteiger partial charge in [0.1, 0.15) is 6.54 Å². The standard InChI is InChI=1S/C11H19N3O5/c1-7(2)19-11(18)6-14-10(17)5-13-9(16)4-12-8(3)15/h7H,4-6H2,1-3H3,(H,12,15)(H,13,16)(H,14,17). The Morgan fingerprint density at radius 2 is 1.37 bits per heavy atom. The highest BCUT2D eigenvalue weighted by Gasteiger charge is 2.09. The quantitative estimate of drug-likeness (QED) is 0.479. The van der Waals surface area contributed by atoms with Crippen molar-refractivity contribution in [1.82, 2.24) is 16.0 Å². The summed E-state index contributed by atoms with van der Waals surface area (Å²) in [6.07, 6.45) is -0.248. The smallest absolute Gasteiger partial charge is 0.325 e. The molecule has 0 fully saturated rings. The molecule has 0 aliphatic rings. The Morgan fingerprint density at radius 1 is 0.895 bits per heavy atom. The molecular weight excluding hydrogens is 254 g/mol. The maximum Gasteiger partial charge on any atom is 0.325 e. The predicted molar refractivity (Wildman–Crippen MR) is 65.9 cm³/mol. The lowest BCUT2D eigenvalue weighted by atomic mass is 10.4. The van der Waals surface area contributed by atoms with E-state index < -0.39 is 17.8 Å².